The van der Waals surface area contributed by atoms with Gasteiger partial charge in [0.25, 0.3) is 0 Å². The zero-order valence-electron chi connectivity index (χ0n) is 9.94. The molecular formula is C13H17NO3. The van der Waals surface area contributed by atoms with Crippen molar-refractivity contribution in [2.24, 2.45) is 5.92 Å². The molecule has 1 aromatic carbocycles. The van der Waals surface area contributed by atoms with Crippen molar-refractivity contribution < 1.29 is 14.3 Å². The van der Waals surface area contributed by atoms with Crippen LogP contribution >= 0.6 is 0 Å². The first kappa shape index (κ1) is 11.9. The molecule has 0 bridgehead atoms. The summed E-state index contributed by atoms with van der Waals surface area (Å²) >= 11 is 0. The Bertz CT molecular complexity index is 411. The summed E-state index contributed by atoms with van der Waals surface area (Å²) in [6.07, 6.45) is 0.962. The molecule has 0 amide bonds. The number of rotatable bonds is 3. The van der Waals surface area contributed by atoms with E-state index in [1.54, 1.807) is 12.1 Å². The number of carbonyl (C=O) groups is 1. The zero-order valence-corrected chi connectivity index (χ0v) is 9.94. The molecule has 1 aliphatic rings. The summed E-state index contributed by atoms with van der Waals surface area (Å²) in [6.45, 7) is 3.77. The Morgan fingerprint density at radius 2 is 2.41 bits per heavy atom. The number of nitrogen functional groups attached to an aromatic ring is 1. The van der Waals surface area contributed by atoms with Gasteiger partial charge in [0, 0.05) is 18.2 Å². The predicted octanol–water partition coefficient (Wildman–Crippen LogP) is 1.77. The summed E-state index contributed by atoms with van der Waals surface area (Å²) < 4.78 is 10.5. The molecule has 17 heavy (non-hydrogen) atoms. The molecule has 1 heterocycles. The molecule has 0 spiro atoms. The third-order valence-electron chi connectivity index (χ3n) is 2.99. The van der Waals surface area contributed by atoms with E-state index in [9.17, 15) is 4.79 Å². The smallest absolute Gasteiger partial charge is 0.338 e. The highest BCUT2D eigenvalue weighted by Gasteiger charge is 2.18. The number of benzene rings is 1. The van der Waals surface area contributed by atoms with Crippen molar-refractivity contribution in [2.75, 3.05) is 25.6 Å². The molecule has 1 aromatic rings. The van der Waals surface area contributed by atoms with Crippen molar-refractivity contribution in [3.8, 4) is 0 Å². The summed E-state index contributed by atoms with van der Waals surface area (Å²) in [5.41, 5.74) is 7.83. The van der Waals surface area contributed by atoms with Crippen molar-refractivity contribution in [3.05, 3.63) is 29.3 Å². The topological polar surface area (TPSA) is 61.5 Å². The van der Waals surface area contributed by atoms with Crippen LogP contribution in [0.3, 0.4) is 0 Å². The van der Waals surface area contributed by atoms with E-state index in [1.807, 2.05) is 13.0 Å². The Balaban J connectivity index is 1.92. The first-order valence-electron chi connectivity index (χ1n) is 5.78. The van der Waals surface area contributed by atoms with E-state index < -0.39 is 0 Å². The quantitative estimate of drug-likeness (QED) is 0.640. The van der Waals surface area contributed by atoms with Gasteiger partial charge in [-0.05, 0) is 31.0 Å². The molecule has 92 valence electrons. The van der Waals surface area contributed by atoms with E-state index in [1.165, 1.54) is 0 Å². The maximum absolute atomic E-state index is 11.7. The van der Waals surface area contributed by atoms with E-state index in [0.717, 1.165) is 18.6 Å². The first-order chi connectivity index (χ1) is 8.16. The van der Waals surface area contributed by atoms with E-state index >= 15 is 0 Å². The average molecular weight is 235 g/mol. The molecule has 4 heteroatoms. The number of nitrogens with two attached hydrogens (primary N) is 1. The monoisotopic (exact) mass is 235 g/mol. The van der Waals surface area contributed by atoms with Gasteiger partial charge in [-0.25, -0.2) is 4.79 Å². The van der Waals surface area contributed by atoms with Crippen molar-refractivity contribution in [1.82, 2.24) is 0 Å². The van der Waals surface area contributed by atoms with Crippen molar-refractivity contribution in [2.45, 2.75) is 13.3 Å². The lowest BCUT2D eigenvalue weighted by atomic mass is 10.1. The highest BCUT2D eigenvalue weighted by Crippen LogP contribution is 2.16. The fraction of sp³-hybridized carbons (Fsp3) is 0.462. The molecule has 1 aliphatic heterocycles. The second-order valence-electron chi connectivity index (χ2n) is 4.40. The van der Waals surface area contributed by atoms with Gasteiger partial charge in [0.15, 0.2) is 0 Å². The van der Waals surface area contributed by atoms with E-state index in [0.29, 0.717) is 30.4 Å². The number of ether oxygens (including phenoxy) is 2. The molecule has 2 N–H and O–H groups in total. The van der Waals surface area contributed by atoms with Crippen LogP contribution in [0.5, 0.6) is 0 Å². The molecule has 0 aliphatic carbocycles. The Labute approximate surface area is 101 Å². The second-order valence-corrected chi connectivity index (χ2v) is 4.40. The molecule has 4 nitrogen and oxygen atoms in total. The zero-order chi connectivity index (χ0) is 12.3. The highest BCUT2D eigenvalue weighted by atomic mass is 16.5. The first-order valence-corrected chi connectivity index (χ1v) is 5.78. The highest BCUT2D eigenvalue weighted by molar-refractivity contribution is 5.90. The number of hydrogen-bond donors (Lipinski definition) is 1. The van der Waals surface area contributed by atoms with Crippen molar-refractivity contribution in [1.29, 1.82) is 0 Å². The van der Waals surface area contributed by atoms with Crippen LogP contribution in [0.15, 0.2) is 18.2 Å². The fourth-order valence-electron chi connectivity index (χ4n) is 1.76. The number of aryl methyl sites for hydroxylation is 1. The molecule has 1 saturated heterocycles. The van der Waals surface area contributed by atoms with Crippen LogP contribution in [-0.2, 0) is 9.47 Å². The van der Waals surface area contributed by atoms with E-state index in [-0.39, 0.29) is 5.97 Å². The van der Waals surface area contributed by atoms with Gasteiger partial charge in [0.2, 0.25) is 0 Å². The second kappa shape index (κ2) is 5.19. The van der Waals surface area contributed by atoms with Crippen LogP contribution in [0, 0.1) is 12.8 Å². The largest absolute Gasteiger partial charge is 0.462 e. The minimum absolute atomic E-state index is 0.316. The van der Waals surface area contributed by atoms with Crippen LogP contribution in [-0.4, -0.2) is 25.8 Å². The van der Waals surface area contributed by atoms with Crippen molar-refractivity contribution in [3.63, 3.8) is 0 Å². The van der Waals surface area contributed by atoms with Crippen LogP contribution < -0.4 is 5.73 Å². The van der Waals surface area contributed by atoms with Crippen LogP contribution in [0.25, 0.3) is 0 Å². The van der Waals surface area contributed by atoms with Crippen molar-refractivity contribution >= 4 is 11.7 Å². The lowest BCUT2D eigenvalue weighted by Crippen LogP contribution is -2.14. The molecular weight excluding hydrogens is 218 g/mol. The number of carbonyl (C=O) groups excluding carboxylic acids is 1. The molecule has 1 fully saturated rings. The molecule has 0 radical (unpaired) electrons. The van der Waals surface area contributed by atoms with E-state index in [4.69, 9.17) is 15.2 Å². The fourth-order valence-corrected chi connectivity index (χ4v) is 1.76. The summed E-state index contributed by atoms with van der Waals surface area (Å²) in [5, 5.41) is 0. The maximum atomic E-state index is 11.7. The van der Waals surface area contributed by atoms with Gasteiger partial charge in [0.1, 0.15) is 0 Å². The van der Waals surface area contributed by atoms with Gasteiger partial charge in [0.05, 0.1) is 18.8 Å². The molecule has 1 atom stereocenters. The Morgan fingerprint density at radius 1 is 1.59 bits per heavy atom. The third kappa shape index (κ3) is 2.97. The summed E-state index contributed by atoms with van der Waals surface area (Å²) in [7, 11) is 0. The Kier molecular flexibility index (Phi) is 3.64. The molecule has 1 unspecified atom stereocenters. The number of hydrogen-bond acceptors (Lipinski definition) is 4. The SMILES string of the molecule is Cc1ccc(C(=O)OCC2CCOC2)cc1N. The Hall–Kier alpha value is -1.55. The lowest BCUT2D eigenvalue weighted by Gasteiger charge is -2.09. The van der Waals surface area contributed by atoms with Gasteiger partial charge in [-0.3, -0.25) is 0 Å². The van der Waals surface area contributed by atoms with Crippen LogP contribution in [0.4, 0.5) is 5.69 Å². The third-order valence-corrected chi connectivity index (χ3v) is 2.99. The minimum Gasteiger partial charge on any atom is -0.462 e. The molecule has 0 aromatic heterocycles. The van der Waals surface area contributed by atoms with Gasteiger partial charge in [-0.1, -0.05) is 6.07 Å². The van der Waals surface area contributed by atoms with Gasteiger partial charge < -0.3 is 15.2 Å². The lowest BCUT2D eigenvalue weighted by molar-refractivity contribution is 0.0428. The van der Waals surface area contributed by atoms with Gasteiger partial charge >= 0.3 is 5.97 Å². The number of esters is 1. The van der Waals surface area contributed by atoms with Gasteiger partial charge in [-0.2, -0.15) is 0 Å². The van der Waals surface area contributed by atoms with Gasteiger partial charge in [-0.15, -0.1) is 0 Å². The normalized spacial score (nSPS) is 19.2. The van der Waals surface area contributed by atoms with Crippen LogP contribution in [0.2, 0.25) is 0 Å². The summed E-state index contributed by atoms with van der Waals surface area (Å²) in [6, 6.07) is 5.21. The summed E-state index contributed by atoms with van der Waals surface area (Å²) in [5.74, 6) is 0.0188. The average Bonchev–Trinajstić information content (AvgIpc) is 2.82. The van der Waals surface area contributed by atoms with E-state index in [2.05, 4.69) is 0 Å². The summed E-state index contributed by atoms with van der Waals surface area (Å²) in [4.78, 5) is 11.7. The number of anilines is 1. The maximum Gasteiger partial charge on any atom is 0.338 e. The minimum atomic E-state index is -0.316. The van der Waals surface area contributed by atoms with Crippen LogP contribution in [0.1, 0.15) is 22.3 Å². The Morgan fingerprint density at radius 3 is 3.06 bits per heavy atom. The molecule has 2 rings (SSSR count). The molecule has 0 saturated carbocycles. The predicted molar refractivity (Wildman–Crippen MR) is 64.8 cm³/mol. The standard InChI is InChI=1S/C13H17NO3/c1-9-2-3-11(6-12(9)14)13(15)17-8-10-4-5-16-7-10/h2-3,6,10H,4-5,7-8,14H2,1H3.